The fraction of sp³-hybridized carbons (Fsp3) is 1.00. The third-order valence-corrected chi connectivity index (χ3v) is 3.43. The van der Waals surface area contributed by atoms with E-state index in [0.29, 0.717) is 5.41 Å². The molecule has 2 aliphatic rings. The zero-order valence-corrected chi connectivity index (χ0v) is 7.81. The van der Waals surface area contributed by atoms with Crippen LogP contribution in [0.5, 0.6) is 0 Å². The number of ether oxygens (including phenoxy) is 1. The summed E-state index contributed by atoms with van der Waals surface area (Å²) in [5.74, 6) is 0.845. The van der Waals surface area contributed by atoms with Gasteiger partial charge in [-0.05, 0) is 37.5 Å². The van der Waals surface area contributed by atoms with Gasteiger partial charge >= 0.3 is 0 Å². The lowest BCUT2D eigenvalue weighted by molar-refractivity contribution is 0.222. The second kappa shape index (κ2) is 2.01. The Balaban J connectivity index is 2.00. The molecule has 0 spiro atoms. The van der Waals surface area contributed by atoms with Gasteiger partial charge in [0.1, 0.15) is 0 Å². The first-order chi connectivity index (χ1) is 5.02. The fourth-order valence-corrected chi connectivity index (χ4v) is 2.31. The maximum Gasteiger partial charge on any atom is 0.0916 e. The van der Waals surface area contributed by atoms with E-state index in [2.05, 4.69) is 20.8 Å². The first-order valence-corrected chi connectivity index (χ1v) is 4.66. The predicted molar refractivity (Wildman–Crippen MR) is 45.5 cm³/mol. The van der Waals surface area contributed by atoms with Gasteiger partial charge in [0.05, 0.1) is 12.2 Å². The highest BCUT2D eigenvalue weighted by Gasteiger charge is 2.50. The Morgan fingerprint density at radius 2 is 1.91 bits per heavy atom. The summed E-state index contributed by atoms with van der Waals surface area (Å²) >= 11 is 0. The van der Waals surface area contributed by atoms with Crippen LogP contribution in [0.4, 0.5) is 0 Å². The first-order valence-electron chi connectivity index (χ1n) is 4.66. The van der Waals surface area contributed by atoms with Crippen LogP contribution in [0.3, 0.4) is 0 Å². The highest BCUT2D eigenvalue weighted by atomic mass is 16.6. The predicted octanol–water partition coefficient (Wildman–Crippen LogP) is 2.60. The molecular formula is C10H18O. The van der Waals surface area contributed by atoms with Crippen LogP contribution in [0.1, 0.15) is 40.0 Å². The highest BCUT2D eigenvalue weighted by Crippen LogP contribution is 2.50. The molecule has 0 aromatic rings. The topological polar surface area (TPSA) is 12.5 Å². The van der Waals surface area contributed by atoms with Gasteiger partial charge in [0.2, 0.25) is 0 Å². The maximum atomic E-state index is 5.47. The average Bonchev–Trinajstić information content (AvgIpc) is 2.51. The van der Waals surface area contributed by atoms with Crippen molar-refractivity contribution in [2.24, 2.45) is 11.3 Å². The number of rotatable bonds is 1. The van der Waals surface area contributed by atoms with Crippen LogP contribution >= 0.6 is 0 Å². The van der Waals surface area contributed by atoms with E-state index in [-0.39, 0.29) is 5.60 Å². The van der Waals surface area contributed by atoms with Crippen LogP contribution in [-0.4, -0.2) is 12.2 Å². The summed E-state index contributed by atoms with van der Waals surface area (Å²) in [6.07, 6.45) is 4.13. The van der Waals surface area contributed by atoms with Gasteiger partial charge in [-0.25, -0.2) is 0 Å². The summed E-state index contributed by atoms with van der Waals surface area (Å²) in [4.78, 5) is 0. The zero-order valence-electron chi connectivity index (χ0n) is 7.81. The van der Waals surface area contributed by atoms with E-state index in [1.165, 1.54) is 19.3 Å². The van der Waals surface area contributed by atoms with Crippen LogP contribution in [0.25, 0.3) is 0 Å². The van der Waals surface area contributed by atoms with E-state index in [0.717, 1.165) is 12.5 Å². The molecule has 1 heteroatoms. The monoisotopic (exact) mass is 154 g/mol. The van der Waals surface area contributed by atoms with Crippen molar-refractivity contribution in [1.29, 1.82) is 0 Å². The normalized spacial score (nSPS) is 47.7. The lowest BCUT2D eigenvalue weighted by Gasteiger charge is -2.19. The molecule has 64 valence electrons. The molecule has 0 bridgehead atoms. The van der Waals surface area contributed by atoms with E-state index in [1.807, 2.05) is 0 Å². The molecule has 0 radical (unpaired) electrons. The fourth-order valence-electron chi connectivity index (χ4n) is 2.31. The molecule has 2 unspecified atom stereocenters. The van der Waals surface area contributed by atoms with Crippen molar-refractivity contribution in [2.75, 3.05) is 6.61 Å². The quantitative estimate of drug-likeness (QED) is 0.529. The third kappa shape index (κ3) is 1.31. The Morgan fingerprint density at radius 1 is 1.27 bits per heavy atom. The molecule has 1 heterocycles. The van der Waals surface area contributed by atoms with Crippen molar-refractivity contribution in [3.05, 3.63) is 0 Å². The van der Waals surface area contributed by atoms with Gasteiger partial charge in [0, 0.05) is 0 Å². The van der Waals surface area contributed by atoms with Crippen molar-refractivity contribution in [3.8, 4) is 0 Å². The summed E-state index contributed by atoms with van der Waals surface area (Å²) < 4.78 is 5.47. The van der Waals surface area contributed by atoms with Gasteiger partial charge in [0.15, 0.2) is 0 Å². The Hall–Kier alpha value is -0.0400. The summed E-state index contributed by atoms with van der Waals surface area (Å²) in [5.41, 5.74) is 0.868. The van der Waals surface area contributed by atoms with E-state index in [4.69, 9.17) is 4.74 Å². The molecule has 1 aliphatic heterocycles. The SMILES string of the molecule is CC1(C)CCC(C2(C)CO2)C1. The van der Waals surface area contributed by atoms with Crippen molar-refractivity contribution in [2.45, 2.75) is 45.6 Å². The molecule has 1 nitrogen and oxygen atoms in total. The minimum Gasteiger partial charge on any atom is -0.370 e. The van der Waals surface area contributed by atoms with Gasteiger partial charge in [-0.3, -0.25) is 0 Å². The second-order valence-electron chi connectivity index (χ2n) is 5.21. The molecule has 2 rings (SSSR count). The Morgan fingerprint density at radius 3 is 2.27 bits per heavy atom. The Bertz CT molecular complexity index is 168. The standard InChI is InChI=1S/C10H18O/c1-9(2)5-4-8(6-9)10(3)7-11-10/h8H,4-7H2,1-3H3. The molecule has 11 heavy (non-hydrogen) atoms. The van der Waals surface area contributed by atoms with Gasteiger partial charge in [-0.15, -0.1) is 0 Å². The third-order valence-electron chi connectivity index (χ3n) is 3.43. The van der Waals surface area contributed by atoms with Crippen molar-refractivity contribution >= 4 is 0 Å². The molecule has 1 saturated carbocycles. The largest absolute Gasteiger partial charge is 0.370 e. The molecule has 2 atom stereocenters. The highest BCUT2D eigenvalue weighted by molar-refractivity contribution is 4.99. The van der Waals surface area contributed by atoms with E-state index >= 15 is 0 Å². The first kappa shape index (κ1) is 7.60. The lowest BCUT2D eigenvalue weighted by atomic mass is 9.86. The van der Waals surface area contributed by atoms with Crippen molar-refractivity contribution < 1.29 is 4.74 Å². The summed E-state index contributed by atoms with van der Waals surface area (Å²) in [7, 11) is 0. The molecule has 0 N–H and O–H groups in total. The minimum absolute atomic E-state index is 0.285. The van der Waals surface area contributed by atoms with E-state index < -0.39 is 0 Å². The molecule has 2 fully saturated rings. The molecule has 1 aliphatic carbocycles. The number of hydrogen-bond donors (Lipinski definition) is 0. The van der Waals surface area contributed by atoms with Crippen molar-refractivity contribution in [3.63, 3.8) is 0 Å². The summed E-state index contributed by atoms with van der Waals surface area (Å²) in [5, 5.41) is 0. The van der Waals surface area contributed by atoms with Gasteiger partial charge in [-0.1, -0.05) is 13.8 Å². The van der Waals surface area contributed by atoms with Crippen LogP contribution in [0.15, 0.2) is 0 Å². The number of hydrogen-bond acceptors (Lipinski definition) is 1. The molecule has 1 saturated heterocycles. The van der Waals surface area contributed by atoms with Gasteiger partial charge < -0.3 is 4.74 Å². The lowest BCUT2D eigenvalue weighted by Crippen LogP contribution is -2.18. The van der Waals surface area contributed by atoms with Crippen LogP contribution in [0, 0.1) is 11.3 Å². The van der Waals surface area contributed by atoms with Crippen molar-refractivity contribution in [1.82, 2.24) is 0 Å². The Labute approximate surface area is 69.1 Å². The molecular weight excluding hydrogens is 136 g/mol. The van der Waals surface area contributed by atoms with Crippen LogP contribution in [-0.2, 0) is 4.74 Å². The van der Waals surface area contributed by atoms with Gasteiger partial charge in [0.25, 0.3) is 0 Å². The smallest absolute Gasteiger partial charge is 0.0916 e. The second-order valence-corrected chi connectivity index (χ2v) is 5.21. The van der Waals surface area contributed by atoms with Crippen LogP contribution in [0.2, 0.25) is 0 Å². The summed E-state index contributed by atoms with van der Waals surface area (Å²) in [6, 6.07) is 0. The molecule has 0 aromatic heterocycles. The molecule has 0 aromatic carbocycles. The maximum absolute atomic E-state index is 5.47. The average molecular weight is 154 g/mol. The van der Waals surface area contributed by atoms with Gasteiger partial charge in [-0.2, -0.15) is 0 Å². The number of epoxide rings is 1. The molecule has 0 amide bonds. The summed E-state index contributed by atoms with van der Waals surface area (Å²) in [6.45, 7) is 8.02. The van der Waals surface area contributed by atoms with Crippen LogP contribution < -0.4 is 0 Å². The van der Waals surface area contributed by atoms with E-state index in [1.54, 1.807) is 0 Å². The van der Waals surface area contributed by atoms with E-state index in [9.17, 15) is 0 Å². The minimum atomic E-state index is 0.285. The zero-order chi connectivity index (χ0) is 8.11. The Kier molecular flexibility index (Phi) is 1.39.